The second-order valence-electron chi connectivity index (χ2n) is 7.60. The molecule has 1 fully saturated rings. The van der Waals surface area contributed by atoms with E-state index >= 15 is 0 Å². The van der Waals surface area contributed by atoms with Gasteiger partial charge in [-0.15, -0.1) is 11.8 Å². The summed E-state index contributed by atoms with van der Waals surface area (Å²) in [4.78, 5) is 18.8. The van der Waals surface area contributed by atoms with Crippen LogP contribution in [0.25, 0.3) is 0 Å². The third-order valence-electron chi connectivity index (χ3n) is 5.00. The maximum absolute atomic E-state index is 14.5. The van der Waals surface area contributed by atoms with Crippen LogP contribution in [0.15, 0.2) is 64.5 Å². The third kappa shape index (κ3) is 4.49. The van der Waals surface area contributed by atoms with Crippen molar-refractivity contribution in [1.82, 2.24) is 5.43 Å². The van der Waals surface area contributed by atoms with Crippen LogP contribution in [-0.2, 0) is 4.79 Å². The molecule has 1 atom stereocenters. The lowest BCUT2D eigenvalue weighted by molar-refractivity contribution is -0.116. The lowest BCUT2D eigenvalue weighted by atomic mass is 10.2. The summed E-state index contributed by atoms with van der Waals surface area (Å²) >= 11 is 7.65. The van der Waals surface area contributed by atoms with Crippen molar-refractivity contribution in [1.29, 1.82) is 0 Å². The Morgan fingerprint density at radius 3 is 2.47 bits per heavy atom. The van der Waals surface area contributed by atoms with E-state index in [1.165, 1.54) is 11.8 Å². The highest BCUT2D eigenvalue weighted by atomic mass is 35.5. The van der Waals surface area contributed by atoms with Crippen LogP contribution in [0.3, 0.4) is 0 Å². The van der Waals surface area contributed by atoms with Crippen LogP contribution < -0.4 is 10.4 Å². The first-order valence-corrected chi connectivity index (χ1v) is 11.1. The molecule has 1 heterocycles. The van der Waals surface area contributed by atoms with Gasteiger partial charge in [0.25, 0.3) is 5.91 Å². The molecule has 4 rings (SSSR count). The molecule has 1 amide bonds. The molecule has 164 valence electrons. The smallest absolute Gasteiger partial charge is 0.267 e. The quantitative estimate of drug-likeness (QED) is 0.486. The number of rotatable bonds is 4. The lowest BCUT2D eigenvalue weighted by Crippen LogP contribution is -2.36. The first kappa shape index (κ1) is 22.3. The Bertz CT molecular complexity index is 1250. The summed E-state index contributed by atoms with van der Waals surface area (Å²) in [5.41, 5.74) is 6.15. The molecule has 3 aromatic rings. The largest absolute Gasteiger partial charge is 0.276 e. The van der Waals surface area contributed by atoms with E-state index < -0.39 is 22.8 Å². The summed E-state index contributed by atoms with van der Waals surface area (Å²) in [6.07, 6.45) is 0. The van der Waals surface area contributed by atoms with E-state index in [0.717, 1.165) is 44.8 Å². The zero-order valence-corrected chi connectivity index (χ0v) is 19.2. The van der Waals surface area contributed by atoms with Gasteiger partial charge in [0.2, 0.25) is 0 Å². The fourth-order valence-electron chi connectivity index (χ4n) is 3.28. The number of amidine groups is 1. The molecule has 3 aromatic carbocycles. The molecule has 0 bridgehead atoms. The number of anilines is 1. The van der Waals surface area contributed by atoms with Crippen molar-refractivity contribution >= 4 is 46.5 Å². The summed E-state index contributed by atoms with van der Waals surface area (Å²) in [6, 6.07) is 14.3. The van der Waals surface area contributed by atoms with Crippen LogP contribution in [0.2, 0.25) is 5.02 Å². The normalized spacial score (nSPS) is 17.2. The standard InChI is InChI=1S/C24H20ClF2N3OS/c1-13-5-9-19(17(25)10-13)28-23-22(32-21-11-14(2)4-6-15(21)3)24(31)30(29-23)20-12-16(26)7-8-18(20)27/h4-12,22H,1-3H3,(H,28,29). The van der Waals surface area contributed by atoms with E-state index in [-0.39, 0.29) is 11.5 Å². The number of benzene rings is 3. The van der Waals surface area contributed by atoms with Crippen molar-refractivity contribution in [2.24, 2.45) is 4.99 Å². The van der Waals surface area contributed by atoms with Crippen LogP contribution in [0.5, 0.6) is 0 Å². The number of hydrazine groups is 1. The van der Waals surface area contributed by atoms with E-state index in [2.05, 4.69) is 10.4 Å². The first-order valence-electron chi connectivity index (χ1n) is 9.87. The average Bonchev–Trinajstić information content (AvgIpc) is 3.04. The zero-order valence-electron chi connectivity index (χ0n) is 17.6. The fraction of sp³-hybridized carbons (Fsp3) is 0.167. The van der Waals surface area contributed by atoms with Gasteiger partial charge in [0.15, 0.2) is 0 Å². The minimum absolute atomic E-state index is 0.207. The predicted molar refractivity (Wildman–Crippen MR) is 126 cm³/mol. The number of thioether (sulfide) groups is 1. The highest BCUT2D eigenvalue weighted by Crippen LogP contribution is 2.35. The molecule has 4 nitrogen and oxygen atoms in total. The molecule has 1 aliphatic rings. The van der Waals surface area contributed by atoms with Gasteiger partial charge in [0.05, 0.1) is 10.7 Å². The second-order valence-corrected chi connectivity index (χ2v) is 9.15. The number of aryl methyl sites for hydroxylation is 3. The number of amides is 1. The van der Waals surface area contributed by atoms with E-state index in [1.807, 2.05) is 45.0 Å². The Kier molecular flexibility index (Phi) is 6.22. The number of hydrogen-bond donors (Lipinski definition) is 1. The van der Waals surface area contributed by atoms with Gasteiger partial charge in [-0.3, -0.25) is 10.2 Å². The van der Waals surface area contributed by atoms with Gasteiger partial charge < -0.3 is 0 Å². The number of nitrogens with zero attached hydrogens (tertiary/aromatic N) is 2. The number of carbonyl (C=O) groups is 1. The Labute approximate surface area is 194 Å². The summed E-state index contributed by atoms with van der Waals surface area (Å²) < 4.78 is 28.3. The molecular formula is C24H20ClF2N3OS. The van der Waals surface area contributed by atoms with Crippen molar-refractivity contribution < 1.29 is 13.6 Å². The Hall–Kier alpha value is -2.90. The molecule has 0 radical (unpaired) electrons. The maximum atomic E-state index is 14.5. The van der Waals surface area contributed by atoms with Crippen molar-refractivity contribution in [3.63, 3.8) is 0 Å². The van der Waals surface area contributed by atoms with Crippen molar-refractivity contribution in [2.75, 3.05) is 5.01 Å². The van der Waals surface area contributed by atoms with E-state index in [1.54, 1.807) is 12.1 Å². The zero-order chi connectivity index (χ0) is 23.0. The predicted octanol–water partition coefficient (Wildman–Crippen LogP) is 6.29. The Balaban J connectivity index is 1.79. The number of carbonyl (C=O) groups excluding carboxylic acids is 1. The van der Waals surface area contributed by atoms with Gasteiger partial charge in [-0.25, -0.2) is 18.8 Å². The Morgan fingerprint density at radius 2 is 1.72 bits per heavy atom. The van der Waals surface area contributed by atoms with Crippen LogP contribution in [0.1, 0.15) is 16.7 Å². The number of aliphatic imine (C=N–C) groups is 1. The van der Waals surface area contributed by atoms with Crippen molar-refractivity contribution in [2.45, 2.75) is 30.9 Å². The summed E-state index contributed by atoms with van der Waals surface area (Å²) in [7, 11) is 0. The molecule has 0 aliphatic carbocycles. The molecule has 1 saturated heterocycles. The van der Waals surface area contributed by atoms with E-state index in [9.17, 15) is 13.6 Å². The molecule has 1 aliphatic heterocycles. The molecular weight excluding hydrogens is 452 g/mol. The molecule has 0 aromatic heterocycles. The SMILES string of the molecule is Cc1ccc(N=C2NN(c3cc(F)ccc3F)C(=O)C2Sc2cc(C)ccc2C)c(Cl)c1. The van der Waals surface area contributed by atoms with Crippen LogP contribution in [-0.4, -0.2) is 17.0 Å². The molecule has 0 spiro atoms. The molecule has 32 heavy (non-hydrogen) atoms. The van der Waals surface area contributed by atoms with Crippen LogP contribution in [0.4, 0.5) is 20.2 Å². The minimum atomic E-state index is -0.796. The topological polar surface area (TPSA) is 44.7 Å². The average molecular weight is 472 g/mol. The second kappa shape index (κ2) is 8.92. The molecule has 8 heteroatoms. The van der Waals surface area contributed by atoms with Gasteiger partial charge in [0.1, 0.15) is 28.4 Å². The summed E-state index contributed by atoms with van der Waals surface area (Å²) in [5.74, 6) is -1.54. The maximum Gasteiger partial charge on any atom is 0.267 e. The lowest BCUT2D eigenvalue weighted by Gasteiger charge is -2.16. The highest BCUT2D eigenvalue weighted by molar-refractivity contribution is 8.01. The fourth-order valence-corrected chi connectivity index (χ4v) is 4.74. The monoisotopic (exact) mass is 471 g/mol. The first-order chi connectivity index (χ1) is 15.2. The molecule has 1 N–H and O–H groups in total. The Morgan fingerprint density at radius 1 is 1.00 bits per heavy atom. The van der Waals surface area contributed by atoms with Gasteiger partial charge >= 0.3 is 0 Å². The van der Waals surface area contributed by atoms with Gasteiger partial charge in [-0.1, -0.05) is 35.4 Å². The van der Waals surface area contributed by atoms with Gasteiger partial charge in [0, 0.05) is 11.0 Å². The molecule has 0 saturated carbocycles. The minimum Gasteiger partial charge on any atom is -0.276 e. The van der Waals surface area contributed by atoms with Gasteiger partial charge in [-0.2, -0.15) is 0 Å². The number of hydrogen-bond acceptors (Lipinski definition) is 3. The summed E-state index contributed by atoms with van der Waals surface area (Å²) in [5, 5.41) is 0.635. The van der Waals surface area contributed by atoms with Gasteiger partial charge in [-0.05, 0) is 62.2 Å². The van der Waals surface area contributed by atoms with Crippen molar-refractivity contribution in [3.8, 4) is 0 Å². The van der Waals surface area contributed by atoms with Crippen molar-refractivity contribution in [3.05, 3.63) is 87.9 Å². The van der Waals surface area contributed by atoms with E-state index in [0.29, 0.717) is 10.7 Å². The third-order valence-corrected chi connectivity index (χ3v) is 6.66. The van der Waals surface area contributed by atoms with Crippen LogP contribution >= 0.6 is 23.4 Å². The number of halogens is 3. The van der Waals surface area contributed by atoms with Crippen LogP contribution in [0, 0.1) is 32.4 Å². The number of nitrogens with one attached hydrogen (secondary N) is 1. The highest BCUT2D eigenvalue weighted by Gasteiger charge is 2.40. The van der Waals surface area contributed by atoms with E-state index in [4.69, 9.17) is 11.6 Å². The summed E-state index contributed by atoms with van der Waals surface area (Å²) in [6.45, 7) is 5.83. The molecule has 1 unspecified atom stereocenters.